The molecule has 114 valence electrons. The molecule has 6 nitrogen and oxygen atoms in total. The van der Waals surface area contributed by atoms with Crippen LogP contribution in [0.2, 0.25) is 0 Å². The molecule has 1 aromatic rings. The van der Waals surface area contributed by atoms with Crippen molar-refractivity contribution in [3.05, 3.63) is 39.9 Å². The van der Waals surface area contributed by atoms with Crippen LogP contribution in [-0.2, 0) is 0 Å². The van der Waals surface area contributed by atoms with Crippen LogP contribution in [0, 0.1) is 10.1 Å². The lowest BCUT2D eigenvalue weighted by Gasteiger charge is -2.35. The first kappa shape index (κ1) is 15.6. The topological polar surface area (TPSA) is 66.7 Å². The van der Waals surface area contributed by atoms with Gasteiger partial charge in [0.05, 0.1) is 11.5 Å². The number of nitrogens with zero attached hydrogens (tertiary/aromatic N) is 3. The molecule has 1 aliphatic rings. The first-order valence-corrected chi connectivity index (χ1v) is 7.14. The van der Waals surface area contributed by atoms with Gasteiger partial charge in [-0.2, -0.15) is 0 Å². The molecule has 2 rings (SSSR count). The Morgan fingerprint density at radius 2 is 2.05 bits per heavy atom. The zero-order chi connectivity index (χ0) is 15.4. The van der Waals surface area contributed by atoms with E-state index in [4.69, 9.17) is 0 Å². The zero-order valence-corrected chi connectivity index (χ0v) is 12.5. The van der Waals surface area contributed by atoms with E-state index in [0.717, 1.165) is 25.9 Å². The molecule has 1 fully saturated rings. The molecule has 0 amide bonds. The van der Waals surface area contributed by atoms with Crippen molar-refractivity contribution in [1.82, 2.24) is 9.80 Å². The lowest BCUT2D eigenvalue weighted by molar-refractivity contribution is -0.384. The SMILES string of the molecule is CN(C)C1CCCN(CC(=O)c2ccc([N+](=O)[O-])cc2)C1. The van der Waals surface area contributed by atoms with E-state index in [0.29, 0.717) is 18.2 Å². The number of likely N-dealkylation sites (N-methyl/N-ethyl adjacent to an activating group) is 1. The highest BCUT2D eigenvalue weighted by Gasteiger charge is 2.23. The summed E-state index contributed by atoms with van der Waals surface area (Å²) in [6.45, 7) is 2.21. The molecule has 0 radical (unpaired) electrons. The number of carbonyl (C=O) groups is 1. The number of carbonyl (C=O) groups excluding carboxylic acids is 1. The molecule has 0 N–H and O–H groups in total. The van der Waals surface area contributed by atoms with Crippen LogP contribution in [0.15, 0.2) is 24.3 Å². The lowest BCUT2D eigenvalue weighted by Crippen LogP contribution is -2.46. The Hall–Kier alpha value is -1.79. The van der Waals surface area contributed by atoms with Crippen molar-refractivity contribution in [2.45, 2.75) is 18.9 Å². The zero-order valence-electron chi connectivity index (χ0n) is 12.5. The Morgan fingerprint density at radius 1 is 1.38 bits per heavy atom. The average molecular weight is 291 g/mol. The number of non-ortho nitro benzene ring substituents is 1. The fourth-order valence-electron chi connectivity index (χ4n) is 2.66. The number of nitro groups is 1. The van der Waals surface area contributed by atoms with Crippen molar-refractivity contribution < 1.29 is 9.72 Å². The third kappa shape index (κ3) is 4.09. The first-order valence-electron chi connectivity index (χ1n) is 7.14. The lowest BCUT2D eigenvalue weighted by atomic mass is 10.0. The predicted octanol–water partition coefficient (Wildman–Crippen LogP) is 1.80. The minimum Gasteiger partial charge on any atom is -0.305 e. The highest BCUT2D eigenvalue weighted by atomic mass is 16.6. The number of piperidine rings is 1. The van der Waals surface area contributed by atoms with E-state index in [-0.39, 0.29) is 11.5 Å². The summed E-state index contributed by atoms with van der Waals surface area (Å²) in [5.74, 6) is 0.0179. The molecule has 1 aliphatic heterocycles. The number of nitro benzene ring substituents is 1. The second kappa shape index (κ2) is 6.78. The van der Waals surface area contributed by atoms with Gasteiger partial charge in [0, 0.05) is 30.3 Å². The van der Waals surface area contributed by atoms with Crippen LogP contribution < -0.4 is 0 Å². The molecule has 1 saturated heterocycles. The molecule has 1 unspecified atom stereocenters. The average Bonchev–Trinajstić information content (AvgIpc) is 2.47. The summed E-state index contributed by atoms with van der Waals surface area (Å²) >= 11 is 0. The standard InChI is InChI=1S/C15H21N3O3/c1-16(2)14-4-3-9-17(10-14)11-15(19)12-5-7-13(8-6-12)18(20)21/h5-8,14H,3-4,9-11H2,1-2H3. The number of benzene rings is 1. The van der Waals surface area contributed by atoms with Crippen molar-refractivity contribution in [3.8, 4) is 0 Å². The molecule has 0 aromatic heterocycles. The van der Waals surface area contributed by atoms with E-state index in [1.807, 2.05) is 0 Å². The van der Waals surface area contributed by atoms with Gasteiger partial charge in [0.25, 0.3) is 5.69 Å². The molecule has 1 aromatic carbocycles. The summed E-state index contributed by atoms with van der Waals surface area (Å²) in [6.07, 6.45) is 2.26. The van der Waals surface area contributed by atoms with E-state index in [1.54, 1.807) is 0 Å². The van der Waals surface area contributed by atoms with Crippen LogP contribution in [0.4, 0.5) is 5.69 Å². The molecule has 0 aliphatic carbocycles. The summed E-state index contributed by atoms with van der Waals surface area (Å²) in [5, 5.41) is 10.6. The largest absolute Gasteiger partial charge is 0.305 e. The maximum atomic E-state index is 12.2. The fourth-order valence-corrected chi connectivity index (χ4v) is 2.66. The van der Waals surface area contributed by atoms with Gasteiger partial charge in [-0.1, -0.05) is 0 Å². The summed E-state index contributed by atoms with van der Waals surface area (Å²) in [6, 6.07) is 6.32. The van der Waals surface area contributed by atoms with Crippen LogP contribution in [0.25, 0.3) is 0 Å². The monoisotopic (exact) mass is 291 g/mol. The van der Waals surface area contributed by atoms with E-state index in [1.165, 1.54) is 24.3 Å². The van der Waals surface area contributed by atoms with Gasteiger partial charge >= 0.3 is 0 Å². The second-order valence-corrected chi connectivity index (χ2v) is 5.72. The summed E-state index contributed by atoms with van der Waals surface area (Å²) < 4.78 is 0. The van der Waals surface area contributed by atoms with Gasteiger partial charge in [0.1, 0.15) is 0 Å². The maximum absolute atomic E-state index is 12.2. The van der Waals surface area contributed by atoms with Crippen molar-refractivity contribution in [3.63, 3.8) is 0 Å². The number of likely N-dealkylation sites (tertiary alicyclic amines) is 1. The van der Waals surface area contributed by atoms with Crippen molar-refractivity contribution in [1.29, 1.82) is 0 Å². The number of rotatable bonds is 5. The number of hydrogen-bond acceptors (Lipinski definition) is 5. The van der Waals surface area contributed by atoms with E-state index in [2.05, 4.69) is 23.9 Å². The number of ketones is 1. The van der Waals surface area contributed by atoms with E-state index < -0.39 is 4.92 Å². The third-order valence-electron chi connectivity index (χ3n) is 3.98. The summed E-state index contributed by atoms with van der Waals surface area (Å²) in [7, 11) is 4.12. The Bertz CT molecular complexity index is 513. The van der Waals surface area contributed by atoms with Gasteiger partial charge in [0.15, 0.2) is 5.78 Å². The molecule has 0 spiro atoms. The van der Waals surface area contributed by atoms with Crippen LogP contribution in [0.5, 0.6) is 0 Å². The molecule has 0 saturated carbocycles. The normalized spacial score (nSPS) is 19.7. The van der Waals surface area contributed by atoms with E-state index in [9.17, 15) is 14.9 Å². The third-order valence-corrected chi connectivity index (χ3v) is 3.98. The van der Waals surface area contributed by atoms with Crippen LogP contribution in [0.3, 0.4) is 0 Å². The Morgan fingerprint density at radius 3 is 2.62 bits per heavy atom. The molecular formula is C15H21N3O3. The van der Waals surface area contributed by atoms with Crippen molar-refractivity contribution in [2.75, 3.05) is 33.7 Å². The smallest absolute Gasteiger partial charge is 0.269 e. The number of hydrogen-bond donors (Lipinski definition) is 0. The minimum absolute atomic E-state index is 0.0113. The highest BCUT2D eigenvalue weighted by molar-refractivity contribution is 5.97. The van der Waals surface area contributed by atoms with Crippen LogP contribution in [0.1, 0.15) is 23.2 Å². The minimum atomic E-state index is -0.458. The molecule has 0 bridgehead atoms. The highest BCUT2D eigenvalue weighted by Crippen LogP contribution is 2.16. The first-order chi connectivity index (χ1) is 9.97. The summed E-state index contributed by atoms with van der Waals surface area (Å²) in [5.41, 5.74) is 0.546. The maximum Gasteiger partial charge on any atom is 0.269 e. The van der Waals surface area contributed by atoms with Gasteiger partial charge in [-0.3, -0.25) is 19.8 Å². The molecule has 6 heteroatoms. The molecule has 1 heterocycles. The van der Waals surface area contributed by atoms with Crippen molar-refractivity contribution >= 4 is 11.5 Å². The Balaban J connectivity index is 1.96. The van der Waals surface area contributed by atoms with Crippen LogP contribution in [-0.4, -0.2) is 60.3 Å². The van der Waals surface area contributed by atoms with Crippen molar-refractivity contribution in [2.24, 2.45) is 0 Å². The second-order valence-electron chi connectivity index (χ2n) is 5.72. The molecular weight excluding hydrogens is 270 g/mol. The summed E-state index contributed by atoms with van der Waals surface area (Å²) in [4.78, 5) is 26.8. The number of Topliss-reactive ketones (excluding diaryl/α,β-unsaturated/α-hetero) is 1. The fraction of sp³-hybridized carbons (Fsp3) is 0.533. The van der Waals surface area contributed by atoms with Gasteiger partial charge in [-0.25, -0.2) is 0 Å². The molecule has 21 heavy (non-hydrogen) atoms. The predicted molar refractivity (Wildman–Crippen MR) is 80.6 cm³/mol. The van der Waals surface area contributed by atoms with E-state index >= 15 is 0 Å². The van der Waals surface area contributed by atoms with Gasteiger partial charge in [-0.15, -0.1) is 0 Å². The quantitative estimate of drug-likeness (QED) is 0.470. The van der Waals surface area contributed by atoms with Crippen LogP contribution >= 0.6 is 0 Å². The van der Waals surface area contributed by atoms with Gasteiger partial charge < -0.3 is 4.90 Å². The van der Waals surface area contributed by atoms with Gasteiger partial charge in [0.2, 0.25) is 0 Å². The Labute approximate surface area is 124 Å². The molecule has 1 atom stereocenters. The Kier molecular flexibility index (Phi) is 5.03. The van der Waals surface area contributed by atoms with Gasteiger partial charge in [-0.05, 0) is 45.6 Å².